The van der Waals surface area contributed by atoms with Gasteiger partial charge in [-0.05, 0) is 36.6 Å². The normalized spacial score (nSPS) is 17.9. The van der Waals surface area contributed by atoms with Gasteiger partial charge in [-0.15, -0.1) is 0 Å². The van der Waals surface area contributed by atoms with Crippen LogP contribution in [0, 0.1) is 5.92 Å². The lowest BCUT2D eigenvalue weighted by atomic mass is 9.97. The summed E-state index contributed by atoms with van der Waals surface area (Å²) in [7, 11) is 3.69. The molecule has 1 aromatic carbocycles. The second kappa shape index (κ2) is 10.1. The molecule has 29 heavy (non-hydrogen) atoms. The van der Waals surface area contributed by atoms with Gasteiger partial charge in [0, 0.05) is 39.9 Å². The lowest BCUT2D eigenvalue weighted by Crippen LogP contribution is -2.40. The predicted molar refractivity (Wildman–Crippen MR) is 114 cm³/mol. The van der Waals surface area contributed by atoms with Crippen molar-refractivity contribution in [2.75, 3.05) is 20.1 Å². The Morgan fingerprint density at radius 3 is 2.79 bits per heavy atom. The molecule has 1 aromatic heterocycles. The number of likely N-dealkylation sites (tertiary alicyclic amines) is 1. The molecule has 0 spiro atoms. The van der Waals surface area contributed by atoms with Gasteiger partial charge in [0.15, 0.2) is 5.96 Å². The number of aromatic nitrogens is 2. The number of amides is 1. The van der Waals surface area contributed by atoms with Crippen molar-refractivity contribution in [1.82, 2.24) is 25.3 Å². The van der Waals surface area contributed by atoms with Crippen molar-refractivity contribution in [3.05, 3.63) is 53.3 Å². The van der Waals surface area contributed by atoms with E-state index < -0.39 is 0 Å². The zero-order valence-electron chi connectivity index (χ0n) is 17.3. The number of nitrogens with zero attached hydrogens (tertiary/aromatic N) is 4. The van der Waals surface area contributed by atoms with Crippen LogP contribution in [0.2, 0.25) is 0 Å². The number of nitrogens with two attached hydrogens (primary N) is 1. The molecule has 1 fully saturated rings. The zero-order chi connectivity index (χ0) is 20.6. The second-order valence-corrected chi connectivity index (χ2v) is 7.52. The minimum Gasteiger partial charge on any atom is -0.369 e. The molecule has 0 radical (unpaired) electrons. The van der Waals surface area contributed by atoms with Crippen LogP contribution in [0.3, 0.4) is 0 Å². The topological polar surface area (TPSA) is 101 Å². The van der Waals surface area contributed by atoms with Gasteiger partial charge in [0.2, 0.25) is 5.91 Å². The number of carbonyl (C=O) groups excluding carboxylic acids is 1. The van der Waals surface area contributed by atoms with E-state index in [2.05, 4.69) is 49.9 Å². The van der Waals surface area contributed by atoms with E-state index in [4.69, 9.17) is 5.73 Å². The zero-order valence-corrected chi connectivity index (χ0v) is 17.3. The molecule has 0 saturated carbocycles. The summed E-state index contributed by atoms with van der Waals surface area (Å²) in [5.74, 6) is 0.539. The third-order valence-corrected chi connectivity index (χ3v) is 5.35. The molecular weight excluding hydrogens is 366 g/mol. The van der Waals surface area contributed by atoms with Crippen LogP contribution in [0.5, 0.6) is 0 Å². The van der Waals surface area contributed by atoms with E-state index in [9.17, 15) is 4.79 Å². The summed E-state index contributed by atoms with van der Waals surface area (Å²) in [5, 5.41) is 10.8. The summed E-state index contributed by atoms with van der Waals surface area (Å²) in [4.78, 5) is 18.1. The number of aliphatic imine (C=N–C) groups is 1. The van der Waals surface area contributed by atoms with Gasteiger partial charge < -0.3 is 16.4 Å². The summed E-state index contributed by atoms with van der Waals surface area (Å²) < 4.78 is 1.84. The fourth-order valence-electron chi connectivity index (χ4n) is 3.68. The smallest absolute Gasteiger partial charge is 0.221 e. The van der Waals surface area contributed by atoms with Gasteiger partial charge >= 0.3 is 0 Å². The average molecular weight is 398 g/mol. The number of rotatable bonds is 7. The quantitative estimate of drug-likeness (QED) is 0.478. The number of primary amides is 1. The third-order valence-electron chi connectivity index (χ3n) is 5.35. The van der Waals surface area contributed by atoms with Crippen LogP contribution in [-0.4, -0.2) is 46.7 Å². The van der Waals surface area contributed by atoms with Crippen LogP contribution in [0.15, 0.2) is 41.5 Å². The Morgan fingerprint density at radius 1 is 1.28 bits per heavy atom. The number of benzene rings is 1. The van der Waals surface area contributed by atoms with Crippen LogP contribution in [0.4, 0.5) is 0 Å². The van der Waals surface area contributed by atoms with Gasteiger partial charge in [0.25, 0.3) is 0 Å². The summed E-state index contributed by atoms with van der Waals surface area (Å²) in [6.45, 7) is 3.94. The Bertz CT molecular complexity index is 845. The summed E-state index contributed by atoms with van der Waals surface area (Å²) in [5.41, 5.74) is 9.02. The molecule has 1 unspecified atom stereocenters. The van der Waals surface area contributed by atoms with Crippen molar-refractivity contribution in [1.29, 1.82) is 0 Å². The number of aryl methyl sites for hydroxylation is 1. The van der Waals surface area contributed by atoms with Gasteiger partial charge in [-0.2, -0.15) is 5.10 Å². The SMILES string of the molecule is CN=C(NCc1cccc(CN2CCCC(C(N)=O)C2)c1)NCc1ccnn1C. The van der Waals surface area contributed by atoms with E-state index in [1.54, 1.807) is 13.2 Å². The van der Waals surface area contributed by atoms with Crippen molar-refractivity contribution < 1.29 is 4.79 Å². The number of hydrogen-bond acceptors (Lipinski definition) is 4. The van der Waals surface area contributed by atoms with Crippen molar-refractivity contribution in [2.24, 2.45) is 23.7 Å². The molecule has 1 saturated heterocycles. The largest absolute Gasteiger partial charge is 0.369 e. The Morgan fingerprint density at radius 2 is 2.07 bits per heavy atom. The molecule has 8 nitrogen and oxygen atoms in total. The minimum absolute atomic E-state index is 0.0255. The molecule has 0 aliphatic carbocycles. The highest BCUT2D eigenvalue weighted by molar-refractivity contribution is 5.79. The maximum atomic E-state index is 11.5. The maximum absolute atomic E-state index is 11.5. The Balaban J connectivity index is 1.51. The molecule has 156 valence electrons. The molecule has 1 aliphatic rings. The first-order valence-electron chi connectivity index (χ1n) is 10.1. The number of hydrogen-bond donors (Lipinski definition) is 3. The van der Waals surface area contributed by atoms with Crippen molar-refractivity contribution in [3.8, 4) is 0 Å². The third kappa shape index (κ3) is 6.05. The second-order valence-electron chi connectivity index (χ2n) is 7.52. The molecule has 3 rings (SSSR count). The fourth-order valence-corrected chi connectivity index (χ4v) is 3.68. The molecular formula is C21H31N7O. The predicted octanol–water partition coefficient (Wildman–Crippen LogP) is 0.983. The van der Waals surface area contributed by atoms with Crippen LogP contribution < -0.4 is 16.4 Å². The lowest BCUT2D eigenvalue weighted by Gasteiger charge is -2.31. The lowest BCUT2D eigenvalue weighted by molar-refractivity contribution is -0.123. The fraction of sp³-hybridized carbons (Fsp3) is 0.476. The molecule has 2 heterocycles. The van der Waals surface area contributed by atoms with Gasteiger partial charge in [-0.25, -0.2) is 0 Å². The van der Waals surface area contributed by atoms with Crippen LogP contribution in [0.25, 0.3) is 0 Å². The first kappa shape index (κ1) is 20.9. The number of carbonyl (C=O) groups is 1. The van der Waals surface area contributed by atoms with Gasteiger partial charge in [0.1, 0.15) is 0 Å². The highest BCUT2D eigenvalue weighted by Crippen LogP contribution is 2.18. The van der Waals surface area contributed by atoms with E-state index in [0.29, 0.717) is 13.1 Å². The van der Waals surface area contributed by atoms with Crippen molar-refractivity contribution >= 4 is 11.9 Å². The minimum atomic E-state index is -0.183. The first-order chi connectivity index (χ1) is 14.0. The average Bonchev–Trinajstić information content (AvgIpc) is 3.13. The molecule has 8 heteroatoms. The van der Waals surface area contributed by atoms with Crippen molar-refractivity contribution in [3.63, 3.8) is 0 Å². The van der Waals surface area contributed by atoms with E-state index >= 15 is 0 Å². The van der Waals surface area contributed by atoms with E-state index in [-0.39, 0.29) is 11.8 Å². The van der Waals surface area contributed by atoms with Gasteiger partial charge in [-0.3, -0.25) is 19.4 Å². The monoisotopic (exact) mass is 397 g/mol. The molecule has 1 atom stereocenters. The first-order valence-corrected chi connectivity index (χ1v) is 10.1. The molecule has 1 amide bonds. The highest BCUT2D eigenvalue weighted by Gasteiger charge is 2.23. The summed E-state index contributed by atoms with van der Waals surface area (Å²) in [6, 6.07) is 10.5. The van der Waals surface area contributed by atoms with E-state index in [0.717, 1.165) is 44.1 Å². The Labute approximate surface area is 172 Å². The van der Waals surface area contributed by atoms with Gasteiger partial charge in [-0.1, -0.05) is 24.3 Å². The van der Waals surface area contributed by atoms with Crippen LogP contribution in [-0.2, 0) is 31.5 Å². The van der Waals surface area contributed by atoms with Crippen LogP contribution in [0.1, 0.15) is 29.7 Å². The van der Waals surface area contributed by atoms with Crippen molar-refractivity contribution in [2.45, 2.75) is 32.5 Å². The molecule has 2 aromatic rings. The molecule has 4 N–H and O–H groups in total. The molecule has 0 bridgehead atoms. The maximum Gasteiger partial charge on any atom is 0.221 e. The standard InChI is InChI=1S/C21H31N7O/c1-23-21(25-13-19-8-9-26-27(19)2)24-12-16-5-3-6-17(11-16)14-28-10-4-7-18(15-28)20(22)29/h3,5-6,8-9,11,18H,4,7,10,12-15H2,1-2H3,(H2,22,29)(H2,23,24,25). The highest BCUT2D eigenvalue weighted by atomic mass is 16.1. The number of nitrogens with one attached hydrogen (secondary N) is 2. The number of guanidine groups is 1. The van der Waals surface area contributed by atoms with E-state index in [1.807, 2.05) is 17.8 Å². The Kier molecular flexibility index (Phi) is 7.24. The Hall–Kier alpha value is -2.87. The molecule has 1 aliphatic heterocycles. The van der Waals surface area contributed by atoms with E-state index in [1.165, 1.54) is 11.1 Å². The summed E-state index contributed by atoms with van der Waals surface area (Å²) >= 11 is 0. The summed E-state index contributed by atoms with van der Waals surface area (Å²) in [6.07, 6.45) is 3.71. The van der Waals surface area contributed by atoms with Gasteiger partial charge in [0.05, 0.1) is 18.2 Å². The number of piperidine rings is 1. The van der Waals surface area contributed by atoms with Crippen LogP contribution >= 0.6 is 0 Å².